The molecule has 1 heterocycles. The number of halogens is 1. The second-order valence-electron chi connectivity index (χ2n) is 3.64. The van der Waals surface area contributed by atoms with Crippen molar-refractivity contribution in [2.24, 2.45) is 0 Å². The highest BCUT2D eigenvalue weighted by atomic mass is 35.5. The molecule has 2 rings (SSSR count). The first kappa shape index (κ1) is 11.4. The van der Waals surface area contributed by atoms with Crippen molar-refractivity contribution in [2.45, 2.75) is 12.7 Å². The maximum atomic E-state index is 10.9. The Kier molecular flexibility index (Phi) is 2.88. The molecule has 0 spiro atoms. The number of carboxylic acid groups (broad SMARTS) is 1. The Morgan fingerprint density at radius 2 is 2.06 bits per heavy atom. The minimum Gasteiger partial charge on any atom is -0.478 e. The molecular weight excluding hydrogens is 232 g/mol. The zero-order chi connectivity index (χ0) is 11.8. The normalized spacial score (nSPS) is 18.6. The van der Waals surface area contributed by atoms with Gasteiger partial charge in [-0.2, -0.15) is 0 Å². The molecule has 16 heavy (non-hydrogen) atoms. The van der Waals surface area contributed by atoms with Crippen LogP contribution in [0.15, 0.2) is 18.2 Å². The van der Waals surface area contributed by atoms with Gasteiger partial charge >= 0.3 is 5.97 Å². The summed E-state index contributed by atoms with van der Waals surface area (Å²) in [7, 11) is 0. The summed E-state index contributed by atoms with van der Waals surface area (Å²) in [6, 6.07) is 4.73. The zero-order valence-corrected chi connectivity index (χ0v) is 9.45. The summed E-state index contributed by atoms with van der Waals surface area (Å²) in [5, 5.41) is 9.16. The van der Waals surface area contributed by atoms with Gasteiger partial charge in [-0.1, -0.05) is 17.7 Å². The number of benzene rings is 1. The molecule has 0 aromatic heterocycles. The summed E-state index contributed by atoms with van der Waals surface area (Å²) in [6.07, 6.45) is 0. The van der Waals surface area contributed by atoms with E-state index in [2.05, 4.69) is 0 Å². The van der Waals surface area contributed by atoms with Gasteiger partial charge in [0.25, 0.3) is 0 Å². The number of rotatable bonds is 2. The van der Waals surface area contributed by atoms with Gasteiger partial charge in [0.1, 0.15) is 0 Å². The van der Waals surface area contributed by atoms with E-state index in [0.717, 1.165) is 0 Å². The molecule has 86 valence electrons. The molecule has 1 aromatic rings. The van der Waals surface area contributed by atoms with E-state index in [4.69, 9.17) is 26.2 Å². The average Bonchev–Trinajstić information content (AvgIpc) is 2.66. The SMILES string of the molecule is CC1(c2ccc(Cl)c(C(=O)O)c2)OCCO1. The lowest BCUT2D eigenvalue weighted by molar-refractivity contribution is -0.149. The van der Waals surface area contributed by atoms with E-state index in [0.29, 0.717) is 18.8 Å². The van der Waals surface area contributed by atoms with Crippen LogP contribution in [-0.2, 0) is 15.3 Å². The first-order chi connectivity index (χ1) is 7.53. The summed E-state index contributed by atoms with van der Waals surface area (Å²) in [6.45, 7) is 2.76. The molecule has 1 aliphatic heterocycles. The summed E-state index contributed by atoms with van der Waals surface area (Å²) in [5.41, 5.74) is 0.714. The topological polar surface area (TPSA) is 55.8 Å². The van der Waals surface area contributed by atoms with Gasteiger partial charge in [0, 0.05) is 5.56 Å². The van der Waals surface area contributed by atoms with Crippen molar-refractivity contribution in [1.29, 1.82) is 0 Å². The van der Waals surface area contributed by atoms with Crippen LogP contribution in [-0.4, -0.2) is 24.3 Å². The Bertz CT molecular complexity index is 424. The van der Waals surface area contributed by atoms with Gasteiger partial charge in [0.05, 0.1) is 23.8 Å². The molecule has 0 aliphatic carbocycles. The first-order valence-electron chi connectivity index (χ1n) is 4.84. The first-order valence-corrected chi connectivity index (χ1v) is 5.22. The highest BCUT2D eigenvalue weighted by Gasteiger charge is 2.33. The summed E-state index contributed by atoms with van der Waals surface area (Å²) in [5.74, 6) is -1.93. The van der Waals surface area contributed by atoms with Crippen molar-refractivity contribution >= 4 is 17.6 Å². The van der Waals surface area contributed by atoms with E-state index < -0.39 is 11.8 Å². The number of carboxylic acids is 1. The summed E-state index contributed by atoms with van der Waals surface area (Å²) >= 11 is 5.78. The van der Waals surface area contributed by atoms with Gasteiger partial charge in [-0.05, 0) is 19.1 Å². The number of ether oxygens (including phenoxy) is 2. The lowest BCUT2D eigenvalue weighted by Gasteiger charge is -2.23. The van der Waals surface area contributed by atoms with Crippen molar-refractivity contribution in [3.8, 4) is 0 Å². The predicted octanol–water partition coefficient (Wildman–Crippen LogP) is 2.26. The van der Waals surface area contributed by atoms with Crippen LogP contribution in [0, 0.1) is 0 Å². The number of aromatic carboxylic acids is 1. The van der Waals surface area contributed by atoms with Crippen molar-refractivity contribution in [1.82, 2.24) is 0 Å². The Hall–Kier alpha value is -1.10. The fourth-order valence-corrected chi connectivity index (χ4v) is 1.85. The molecular formula is C11H11ClO4. The molecule has 1 aromatic carbocycles. The second kappa shape index (κ2) is 4.05. The van der Waals surface area contributed by atoms with E-state index in [1.807, 2.05) is 0 Å². The van der Waals surface area contributed by atoms with E-state index in [-0.39, 0.29) is 10.6 Å². The van der Waals surface area contributed by atoms with Gasteiger partial charge in [0.2, 0.25) is 0 Å². The summed E-state index contributed by atoms with van der Waals surface area (Å²) < 4.78 is 10.9. The third kappa shape index (κ3) is 1.91. The average molecular weight is 243 g/mol. The molecule has 5 heteroatoms. The quantitative estimate of drug-likeness (QED) is 0.864. The molecule has 1 aliphatic rings. The third-order valence-corrected chi connectivity index (χ3v) is 2.89. The van der Waals surface area contributed by atoms with Crippen molar-refractivity contribution in [3.05, 3.63) is 34.3 Å². The highest BCUT2D eigenvalue weighted by Crippen LogP contribution is 2.32. The van der Waals surface area contributed by atoms with Crippen LogP contribution in [0.5, 0.6) is 0 Å². The number of hydrogen-bond acceptors (Lipinski definition) is 3. The fourth-order valence-electron chi connectivity index (χ4n) is 1.65. The standard InChI is InChI=1S/C11H11ClO4/c1-11(15-4-5-16-11)7-2-3-9(12)8(6-7)10(13)14/h2-3,6H,4-5H2,1H3,(H,13,14). The van der Waals surface area contributed by atoms with Crippen LogP contribution in [0.3, 0.4) is 0 Å². The largest absolute Gasteiger partial charge is 0.478 e. The smallest absolute Gasteiger partial charge is 0.337 e. The Morgan fingerprint density at radius 3 is 2.62 bits per heavy atom. The molecule has 0 amide bonds. The molecule has 0 unspecified atom stereocenters. The van der Waals surface area contributed by atoms with E-state index in [1.165, 1.54) is 12.1 Å². The van der Waals surface area contributed by atoms with Crippen molar-refractivity contribution in [2.75, 3.05) is 13.2 Å². The lowest BCUT2D eigenvalue weighted by atomic mass is 10.0. The second-order valence-corrected chi connectivity index (χ2v) is 4.05. The van der Waals surface area contributed by atoms with Crippen LogP contribution >= 0.6 is 11.6 Å². The van der Waals surface area contributed by atoms with Crippen LogP contribution in [0.25, 0.3) is 0 Å². The van der Waals surface area contributed by atoms with Crippen LogP contribution in [0.4, 0.5) is 0 Å². The number of carbonyl (C=O) groups is 1. The maximum Gasteiger partial charge on any atom is 0.337 e. The van der Waals surface area contributed by atoms with Gasteiger partial charge in [0.15, 0.2) is 5.79 Å². The Labute approximate surface area is 97.7 Å². The molecule has 1 N–H and O–H groups in total. The van der Waals surface area contributed by atoms with Gasteiger partial charge < -0.3 is 14.6 Å². The van der Waals surface area contributed by atoms with E-state index in [9.17, 15) is 4.79 Å². The van der Waals surface area contributed by atoms with Gasteiger partial charge in [-0.25, -0.2) is 4.79 Å². The zero-order valence-electron chi connectivity index (χ0n) is 8.70. The Balaban J connectivity index is 2.43. The third-order valence-electron chi connectivity index (χ3n) is 2.56. The fraction of sp³-hybridized carbons (Fsp3) is 0.364. The van der Waals surface area contributed by atoms with Gasteiger partial charge in [-0.3, -0.25) is 0 Å². The van der Waals surface area contributed by atoms with Crippen LogP contribution < -0.4 is 0 Å². The van der Waals surface area contributed by atoms with E-state index >= 15 is 0 Å². The van der Waals surface area contributed by atoms with E-state index in [1.54, 1.807) is 13.0 Å². The predicted molar refractivity (Wildman–Crippen MR) is 57.7 cm³/mol. The molecule has 1 fully saturated rings. The van der Waals surface area contributed by atoms with Crippen LogP contribution in [0.2, 0.25) is 5.02 Å². The molecule has 0 atom stereocenters. The highest BCUT2D eigenvalue weighted by molar-refractivity contribution is 6.33. The molecule has 1 saturated heterocycles. The van der Waals surface area contributed by atoms with Crippen LogP contribution in [0.1, 0.15) is 22.8 Å². The monoisotopic (exact) mass is 242 g/mol. The van der Waals surface area contributed by atoms with Crippen molar-refractivity contribution in [3.63, 3.8) is 0 Å². The number of hydrogen-bond donors (Lipinski definition) is 1. The molecule has 0 saturated carbocycles. The molecule has 4 nitrogen and oxygen atoms in total. The lowest BCUT2D eigenvalue weighted by Crippen LogP contribution is -2.22. The minimum absolute atomic E-state index is 0.0551. The van der Waals surface area contributed by atoms with Crippen molar-refractivity contribution < 1.29 is 19.4 Å². The molecule has 0 radical (unpaired) electrons. The van der Waals surface area contributed by atoms with Gasteiger partial charge in [-0.15, -0.1) is 0 Å². The summed E-state index contributed by atoms with van der Waals surface area (Å²) in [4.78, 5) is 10.9. The minimum atomic E-state index is -1.06. The Morgan fingerprint density at radius 1 is 1.44 bits per heavy atom. The molecule has 0 bridgehead atoms. The maximum absolute atomic E-state index is 10.9.